The van der Waals surface area contributed by atoms with Crippen molar-refractivity contribution >= 4 is 5.78 Å². The van der Waals surface area contributed by atoms with Gasteiger partial charge < -0.3 is 9.47 Å². The van der Waals surface area contributed by atoms with Crippen LogP contribution in [-0.4, -0.2) is 24.8 Å². The predicted molar refractivity (Wildman–Crippen MR) is 40.2 cm³/mol. The van der Waals surface area contributed by atoms with E-state index in [0.717, 1.165) is 0 Å². The normalized spacial score (nSPS) is 32.4. The largest absolute Gasteiger partial charge is 0.353 e. The van der Waals surface area contributed by atoms with E-state index >= 15 is 0 Å². The third-order valence-electron chi connectivity index (χ3n) is 1.79. The highest BCUT2D eigenvalue weighted by molar-refractivity contribution is 5.83. The maximum Gasteiger partial charge on any atom is 0.161 e. The second-order valence-corrected chi connectivity index (χ2v) is 2.67. The van der Waals surface area contributed by atoms with Crippen LogP contribution in [0.5, 0.6) is 0 Å². The van der Waals surface area contributed by atoms with Crippen LogP contribution in [0.4, 0.5) is 0 Å². The molecule has 0 aromatic heterocycles. The van der Waals surface area contributed by atoms with Gasteiger partial charge in [0, 0.05) is 19.4 Å². The van der Waals surface area contributed by atoms with Crippen molar-refractivity contribution in [1.82, 2.24) is 0 Å². The average molecular weight is 158 g/mol. The topological polar surface area (TPSA) is 35.5 Å². The summed E-state index contributed by atoms with van der Waals surface area (Å²) in [4.78, 5) is 11.0. The number of rotatable bonds is 2. The summed E-state index contributed by atoms with van der Waals surface area (Å²) in [5.41, 5.74) is 0. The van der Waals surface area contributed by atoms with E-state index in [0.29, 0.717) is 19.4 Å². The smallest absolute Gasteiger partial charge is 0.161 e. The van der Waals surface area contributed by atoms with Crippen molar-refractivity contribution in [3.8, 4) is 0 Å². The molecular weight excluding hydrogens is 144 g/mol. The summed E-state index contributed by atoms with van der Waals surface area (Å²) in [7, 11) is 0. The third kappa shape index (κ3) is 2.27. The first-order valence-electron chi connectivity index (χ1n) is 4.03. The van der Waals surface area contributed by atoms with Crippen LogP contribution >= 0.6 is 0 Å². The van der Waals surface area contributed by atoms with Gasteiger partial charge in [-0.1, -0.05) is 0 Å². The Morgan fingerprint density at radius 2 is 2.45 bits per heavy atom. The fraction of sp³-hybridized carbons (Fsp3) is 0.875. The molecule has 1 aliphatic rings. The number of carbonyl (C=O) groups excluding carboxylic acids is 1. The zero-order valence-electron chi connectivity index (χ0n) is 7.00. The fourth-order valence-corrected chi connectivity index (χ4v) is 1.14. The fourth-order valence-electron chi connectivity index (χ4n) is 1.14. The van der Waals surface area contributed by atoms with Crippen molar-refractivity contribution in [1.29, 1.82) is 0 Å². The minimum absolute atomic E-state index is 0.160. The number of ether oxygens (including phenoxy) is 2. The third-order valence-corrected chi connectivity index (χ3v) is 1.79. The van der Waals surface area contributed by atoms with Crippen LogP contribution in [0.2, 0.25) is 0 Å². The molecule has 0 aliphatic carbocycles. The van der Waals surface area contributed by atoms with E-state index in [4.69, 9.17) is 9.47 Å². The summed E-state index contributed by atoms with van der Waals surface area (Å²) in [6.45, 7) is 4.34. The maximum atomic E-state index is 11.0. The van der Waals surface area contributed by atoms with Crippen LogP contribution in [0.15, 0.2) is 0 Å². The zero-order valence-corrected chi connectivity index (χ0v) is 7.00. The summed E-state index contributed by atoms with van der Waals surface area (Å²) in [5, 5.41) is 0. The lowest BCUT2D eigenvalue weighted by atomic mass is 10.1. The average Bonchev–Trinajstić information content (AvgIpc) is 1.98. The molecule has 0 N–H and O–H groups in total. The van der Waals surface area contributed by atoms with Gasteiger partial charge in [-0.25, -0.2) is 0 Å². The highest BCUT2D eigenvalue weighted by Gasteiger charge is 2.25. The summed E-state index contributed by atoms with van der Waals surface area (Å²) in [6, 6.07) is 0. The molecule has 0 aromatic carbocycles. The molecule has 1 heterocycles. The number of ketones is 1. The first-order chi connectivity index (χ1) is 5.24. The predicted octanol–water partition coefficient (Wildman–Crippen LogP) is 1.12. The molecule has 3 heteroatoms. The van der Waals surface area contributed by atoms with Gasteiger partial charge in [-0.3, -0.25) is 4.79 Å². The zero-order chi connectivity index (χ0) is 8.27. The molecule has 1 rings (SSSR count). The number of hydrogen-bond acceptors (Lipinski definition) is 3. The molecule has 0 radical (unpaired) electrons. The van der Waals surface area contributed by atoms with Crippen LogP contribution in [0.1, 0.15) is 26.7 Å². The highest BCUT2D eigenvalue weighted by atomic mass is 16.7. The Bertz CT molecular complexity index is 144. The summed E-state index contributed by atoms with van der Waals surface area (Å²) in [5.74, 6) is 0.181. The molecule has 0 saturated carbocycles. The number of carbonyl (C=O) groups is 1. The minimum atomic E-state index is -0.278. The minimum Gasteiger partial charge on any atom is -0.353 e. The lowest BCUT2D eigenvalue weighted by Gasteiger charge is -2.26. The molecule has 0 aromatic rings. The van der Waals surface area contributed by atoms with Crippen LogP contribution < -0.4 is 0 Å². The first-order valence-corrected chi connectivity index (χ1v) is 4.03. The van der Waals surface area contributed by atoms with Crippen molar-refractivity contribution in [2.45, 2.75) is 39.1 Å². The Morgan fingerprint density at radius 3 is 3.00 bits per heavy atom. The molecule has 2 atom stereocenters. The van der Waals surface area contributed by atoms with Crippen LogP contribution in [0, 0.1) is 0 Å². The van der Waals surface area contributed by atoms with Gasteiger partial charge in [0.1, 0.15) is 6.10 Å². The first kappa shape index (κ1) is 8.68. The van der Waals surface area contributed by atoms with Crippen molar-refractivity contribution < 1.29 is 14.3 Å². The Kier molecular flexibility index (Phi) is 3.02. The standard InChI is InChI=1S/C8H14O3/c1-3-10-8-5-4-7(9)6(2)11-8/h6,8H,3-5H2,1-2H3. The van der Waals surface area contributed by atoms with E-state index in [2.05, 4.69) is 0 Å². The molecule has 0 amide bonds. The van der Waals surface area contributed by atoms with Crippen molar-refractivity contribution in [2.75, 3.05) is 6.61 Å². The van der Waals surface area contributed by atoms with Crippen molar-refractivity contribution in [3.63, 3.8) is 0 Å². The second-order valence-electron chi connectivity index (χ2n) is 2.67. The van der Waals surface area contributed by atoms with Gasteiger partial charge in [0.05, 0.1) is 0 Å². The van der Waals surface area contributed by atoms with E-state index in [-0.39, 0.29) is 18.2 Å². The van der Waals surface area contributed by atoms with Crippen molar-refractivity contribution in [2.24, 2.45) is 0 Å². The van der Waals surface area contributed by atoms with E-state index in [1.807, 2.05) is 6.92 Å². The van der Waals surface area contributed by atoms with Gasteiger partial charge >= 0.3 is 0 Å². The van der Waals surface area contributed by atoms with Gasteiger partial charge in [0.25, 0.3) is 0 Å². The lowest BCUT2D eigenvalue weighted by molar-refractivity contribution is -0.190. The number of hydrogen-bond donors (Lipinski definition) is 0. The van der Waals surface area contributed by atoms with E-state index in [1.165, 1.54) is 0 Å². The van der Waals surface area contributed by atoms with Crippen LogP contribution in [0.25, 0.3) is 0 Å². The quantitative estimate of drug-likeness (QED) is 0.604. The summed E-state index contributed by atoms with van der Waals surface area (Å²) >= 11 is 0. The monoisotopic (exact) mass is 158 g/mol. The molecule has 1 fully saturated rings. The molecule has 0 bridgehead atoms. The van der Waals surface area contributed by atoms with E-state index in [9.17, 15) is 4.79 Å². The number of Topliss-reactive ketones (excluding diaryl/α,β-unsaturated/α-hetero) is 1. The van der Waals surface area contributed by atoms with Crippen LogP contribution in [0.3, 0.4) is 0 Å². The van der Waals surface area contributed by atoms with E-state index < -0.39 is 0 Å². The maximum absolute atomic E-state index is 11.0. The Hall–Kier alpha value is -0.410. The Morgan fingerprint density at radius 1 is 1.73 bits per heavy atom. The molecule has 2 unspecified atom stereocenters. The van der Waals surface area contributed by atoms with Gasteiger partial charge in [0.2, 0.25) is 0 Å². The lowest BCUT2D eigenvalue weighted by Crippen LogP contribution is -2.34. The van der Waals surface area contributed by atoms with Gasteiger partial charge in [-0.05, 0) is 13.8 Å². The highest BCUT2D eigenvalue weighted by Crippen LogP contribution is 2.16. The van der Waals surface area contributed by atoms with Gasteiger partial charge in [-0.2, -0.15) is 0 Å². The molecule has 0 spiro atoms. The Labute approximate surface area is 66.7 Å². The summed E-state index contributed by atoms with van der Waals surface area (Å²) in [6.07, 6.45) is 0.857. The molecular formula is C8H14O3. The second kappa shape index (κ2) is 3.83. The van der Waals surface area contributed by atoms with Crippen LogP contribution in [-0.2, 0) is 14.3 Å². The molecule has 1 aliphatic heterocycles. The molecule has 1 saturated heterocycles. The van der Waals surface area contributed by atoms with Gasteiger partial charge in [0.15, 0.2) is 12.1 Å². The molecule has 3 nitrogen and oxygen atoms in total. The van der Waals surface area contributed by atoms with Gasteiger partial charge in [-0.15, -0.1) is 0 Å². The SMILES string of the molecule is CCOC1CCC(=O)C(C)O1. The summed E-state index contributed by atoms with van der Waals surface area (Å²) < 4.78 is 10.5. The van der Waals surface area contributed by atoms with E-state index in [1.54, 1.807) is 6.92 Å². The molecule has 64 valence electrons. The molecule has 11 heavy (non-hydrogen) atoms. The van der Waals surface area contributed by atoms with Crippen molar-refractivity contribution in [3.05, 3.63) is 0 Å². The Balaban J connectivity index is 2.33.